The Hall–Kier alpha value is -2.09. The van der Waals surface area contributed by atoms with Gasteiger partial charge in [-0.1, -0.05) is 0 Å². The SMILES string of the molecule is COC(=O)c1c(NC(=O)N2CCC(C(=O)O)C2)sc(C)c1C. The molecule has 1 aliphatic heterocycles. The molecular formula is C14H18N2O5S. The van der Waals surface area contributed by atoms with E-state index in [0.29, 0.717) is 23.5 Å². The number of methoxy groups -OCH3 is 1. The molecule has 1 aliphatic rings. The molecule has 2 rings (SSSR count). The summed E-state index contributed by atoms with van der Waals surface area (Å²) in [7, 11) is 1.29. The first-order valence-corrected chi connectivity index (χ1v) is 7.63. The summed E-state index contributed by atoms with van der Waals surface area (Å²) in [6, 6.07) is -0.393. The summed E-state index contributed by atoms with van der Waals surface area (Å²) < 4.78 is 4.75. The van der Waals surface area contributed by atoms with Crippen molar-refractivity contribution in [3.8, 4) is 0 Å². The number of esters is 1. The van der Waals surface area contributed by atoms with Crippen LogP contribution < -0.4 is 5.32 Å². The molecular weight excluding hydrogens is 308 g/mol. The second-order valence-electron chi connectivity index (χ2n) is 5.18. The van der Waals surface area contributed by atoms with Crippen LogP contribution in [0.4, 0.5) is 9.80 Å². The van der Waals surface area contributed by atoms with Crippen molar-refractivity contribution in [2.24, 2.45) is 5.92 Å². The topological polar surface area (TPSA) is 95.9 Å². The molecule has 0 aromatic carbocycles. The highest BCUT2D eigenvalue weighted by Crippen LogP contribution is 2.33. The van der Waals surface area contributed by atoms with Gasteiger partial charge in [-0.25, -0.2) is 9.59 Å². The fraction of sp³-hybridized carbons (Fsp3) is 0.500. The predicted octanol–water partition coefficient (Wildman–Crippen LogP) is 2.09. The van der Waals surface area contributed by atoms with Crippen LogP contribution in [0, 0.1) is 19.8 Å². The Morgan fingerprint density at radius 2 is 2.05 bits per heavy atom. The lowest BCUT2D eigenvalue weighted by Crippen LogP contribution is -2.34. The largest absolute Gasteiger partial charge is 0.481 e. The molecule has 1 saturated heterocycles. The molecule has 0 spiro atoms. The number of carbonyl (C=O) groups is 3. The van der Waals surface area contributed by atoms with Crippen LogP contribution in [0.3, 0.4) is 0 Å². The molecule has 1 unspecified atom stereocenters. The number of anilines is 1. The summed E-state index contributed by atoms with van der Waals surface area (Å²) in [6.07, 6.45) is 0.440. The van der Waals surface area contributed by atoms with Gasteiger partial charge in [0.05, 0.1) is 18.6 Å². The van der Waals surface area contributed by atoms with Crippen LogP contribution in [0.25, 0.3) is 0 Å². The Balaban J connectivity index is 2.14. The zero-order valence-electron chi connectivity index (χ0n) is 12.6. The molecule has 0 bridgehead atoms. The number of nitrogens with zero attached hydrogens (tertiary/aromatic N) is 1. The minimum absolute atomic E-state index is 0.179. The Morgan fingerprint density at radius 3 is 2.59 bits per heavy atom. The van der Waals surface area contributed by atoms with Crippen molar-refractivity contribution in [1.82, 2.24) is 4.90 Å². The predicted molar refractivity (Wildman–Crippen MR) is 81.5 cm³/mol. The summed E-state index contributed by atoms with van der Waals surface area (Å²) in [6.45, 7) is 4.22. The zero-order chi connectivity index (χ0) is 16.4. The van der Waals surface area contributed by atoms with E-state index < -0.39 is 23.9 Å². The fourth-order valence-electron chi connectivity index (χ4n) is 2.39. The molecule has 1 aromatic rings. The summed E-state index contributed by atoms with van der Waals surface area (Å²) in [4.78, 5) is 37.4. The molecule has 1 fully saturated rings. The molecule has 0 saturated carbocycles. The van der Waals surface area contributed by atoms with Crippen molar-refractivity contribution in [3.63, 3.8) is 0 Å². The number of aryl methyl sites for hydroxylation is 1. The van der Waals surface area contributed by atoms with E-state index in [1.807, 2.05) is 6.92 Å². The third-order valence-corrected chi connectivity index (χ3v) is 4.94. The minimum Gasteiger partial charge on any atom is -0.481 e. The highest BCUT2D eigenvalue weighted by molar-refractivity contribution is 7.16. The normalized spacial score (nSPS) is 17.4. The quantitative estimate of drug-likeness (QED) is 0.829. The van der Waals surface area contributed by atoms with Crippen molar-refractivity contribution in [2.75, 3.05) is 25.5 Å². The lowest BCUT2D eigenvalue weighted by molar-refractivity contribution is -0.141. The Kier molecular flexibility index (Phi) is 4.70. The van der Waals surface area contributed by atoms with Crippen molar-refractivity contribution in [2.45, 2.75) is 20.3 Å². The van der Waals surface area contributed by atoms with Crippen LogP contribution in [0.15, 0.2) is 0 Å². The molecule has 7 nitrogen and oxygen atoms in total. The number of carboxylic acid groups (broad SMARTS) is 1. The maximum atomic E-state index is 12.2. The van der Waals surface area contributed by atoms with E-state index in [1.165, 1.54) is 23.3 Å². The van der Waals surface area contributed by atoms with E-state index in [4.69, 9.17) is 9.84 Å². The molecule has 8 heteroatoms. The van der Waals surface area contributed by atoms with Gasteiger partial charge >= 0.3 is 18.0 Å². The Labute approximate surface area is 131 Å². The molecule has 22 heavy (non-hydrogen) atoms. The number of aliphatic carboxylic acids is 1. The highest BCUT2D eigenvalue weighted by Gasteiger charge is 2.32. The summed E-state index contributed by atoms with van der Waals surface area (Å²) >= 11 is 1.30. The van der Waals surface area contributed by atoms with Crippen LogP contribution >= 0.6 is 11.3 Å². The number of rotatable bonds is 3. The van der Waals surface area contributed by atoms with Gasteiger partial charge in [0.15, 0.2) is 0 Å². The van der Waals surface area contributed by atoms with Gasteiger partial charge in [0.1, 0.15) is 5.00 Å². The molecule has 1 atom stereocenters. The molecule has 120 valence electrons. The maximum absolute atomic E-state index is 12.2. The zero-order valence-corrected chi connectivity index (χ0v) is 13.5. The highest BCUT2D eigenvalue weighted by atomic mass is 32.1. The molecule has 2 N–H and O–H groups in total. The number of thiophene rings is 1. The Bertz CT molecular complexity index is 625. The standard InChI is InChI=1S/C14H18N2O5S/c1-7-8(2)22-11(10(7)13(19)21-3)15-14(20)16-5-4-9(6-16)12(17)18/h9H,4-6H2,1-3H3,(H,15,20)(H,17,18). The van der Waals surface area contributed by atoms with Gasteiger partial charge in [0.25, 0.3) is 0 Å². The first-order chi connectivity index (χ1) is 10.3. The van der Waals surface area contributed by atoms with E-state index in [9.17, 15) is 14.4 Å². The average Bonchev–Trinajstić information content (AvgIpc) is 3.05. The monoisotopic (exact) mass is 326 g/mol. The van der Waals surface area contributed by atoms with E-state index >= 15 is 0 Å². The molecule has 0 aliphatic carbocycles. The first kappa shape index (κ1) is 16.3. The maximum Gasteiger partial charge on any atom is 0.341 e. The van der Waals surface area contributed by atoms with Gasteiger partial charge in [-0.2, -0.15) is 0 Å². The second-order valence-corrected chi connectivity index (χ2v) is 6.40. The van der Waals surface area contributed by atoms with E-state index in [2.05, 4.69) is 5.32 Å². The van der Waals surface area contributed by atoms with Gasteiger partial charge in [-0.3, -0.25) is 10.1 Å². The number of ether oxygens (including phenoxy) is 1. The van der Waals surface area contributed by atoms with Crippen LogP contribution in [-0.4, -0.2) is 48.2 Å². The summed E-state index contributed by atoms with van der Waals surface area (Å²) in [5.41, 5.74) is 1.13. The fourth-order valence-corrected chi connectivity index (χ4v) is 3.42. The third-order valence-electron chi connectivity index (χ3n) is 3.82. The summed E-state index contributed by atoms with van der Waals surface area (Å²) in [5.74, 6) is -1.92. The van der Waals surface area contributed by atoms with E-state index in [1.54, 1.807) is 6.92 Å². The lowest BCUT2D eigenvalue weighted by Gasteiger charge is -2.16. The lowest BCUT2D eigenvalue weighted by atomic mass is 10.1. The van der Waals surface area contributed by atoms with Crippen LogP contribution in [-0.2, 0) is 9.53 Å². The Morgan fingerprint density at radius 1 is 1.36 bits per heavy atom. The van der Waals surface area contributed by atoms with Gasteiger partial charge in [0, 0.05) is 18.0 Å². The number of urea groups is 1. The average molecular weight is 326 g/mol. The number of carbonyl (C=O) groups excluding carboxylic acids is 2. The number of hydrogen-bond donors (Lipinski definition) is 2. The smallest absolute Gasteiger partial charge is 0.341 e. The van der Waals surface area contributed by atoms with Gasteiger partial charge in [0.2, 0.25) is 0 Å². The molecule has 2 heterocycles. The van der Waals surface area contributed by atoms with Crippen molar-refractivity contribution >= 4 is 34.3 Å². The van der Waals surface area contributed by atoms with Crippen molar-refractivity contribution in [3.05, 3.63) is 16.0 Å². The van der Waals surface area contributed by atoms with Crippen molar-refractivity contribution in [1.29, 1.82) is 0 Å². The summed E-state index contributed by atoms with van der Waals surface area (Å²) in [5, 5.41) is 12.1. The van der Waals surface area contributed by atoms with Crippen LogP contribution in [0.1, 0.15) is 27.2 Å². The van der Waals surface area contributed by atoms with Gasteiger partial charge in [-0.05, 0) is 25.8 Å². The first-order valence-electron chi connectivity index (χ1n) is 6.82. The number of nitrogens with one attached hydrogen (secondary N) is 1. The number of hydrogen-bond acceptors (Lipinski definition) is 5. The van der Waals surface area contributed by atoms with Gasteiger partial charge in [-0.15, -0.1) is 11.3 Å². The number of carboxylic acids is 1. The third kappa shape index (κ3) is 3.06. The van der Waals surface area contributed by atoms with Gasteiger partial charge < -0.3 is 14.7 Å². The second kappa shape index (κ2) is 6.35. The number of amides is 2. The number of likely N-dealkylation sites (tertiary alicyclic amines) is 1. The molecule has 0 radical (unpaired) electrons. The van der Waals surface area contributed by atoms with Crippen molar-refractivity contribution < 1.29 is 24.2 Å². The van der Waals surface area contributed by atoms with Crippen LogP contribution in [0.5, 0.6) is 0 Å². The molecule has 2 amide bonds. The van der Waals surface area contributed by atoms with Crippen LogP contribution in [0.2, 0.25) is 0 Å². The minimum atomic E-state index is -0.895. The van der Waals surface area contributed by atoms with E-state index in [0.717, 1.165) is 10.4 Å². The molecule has 1 aromatic heterocycles. The van der Waals surface area contributed by atoms with E-state index in [-0.39, 0.29) is 6.54 Å².